The van der Waals surface area contributed by atoms with Gasteiger partial charge >= 0.3 is 9.53 Å². The van der Waals surface area contributed by atoms with Crippen molar-refractivity contribution in [3.8, 4) is 0 Å². The molecule has 0 fully saturated rings. The van der Waals surface area contributed by atoms with E-state index in [1.54, 1.807) is 0 Å². The van der Waals surface area contributed by atoms with Crippen molar-refractivity contribution >= 4 is 34.5 Å². The lowest BCUT2D eigenvalue weighted by Gasteiger charge is -2.36. The van der Waals surface area contributed by atoms with Crippen LogP contribution < -0.4 is 0 Å². The summed E-state index contributed by atoms with van der Waals surface area (Å²) in [5.41, 5.74) is 0. The van der Waals surface area contributed by atoms with E-state index in [2.05, 4.69) is 39.3 Å². The molecule has 34 heavy (non-hydrogen) atoms. The molecule has 0 aromatic heterocycles. The second-order valence-corrected chi connectivity index (χ2v) is 25.2. The molecular weight excluding hydrogens is 509 g/mol. The summed E-state index contributed by atoms with van der Waals surface area (Å²) in [7, 11) is -8.74. The first kappa shape index (κ1) is 34.5. The minimum Gasteiger partial charge on any atom is -0.414 e. The van der Waals surface area contributed by atoms with Gasteiger partial charge in [-0.2, -0.15) is 0 Å². The Balaban J connectivity index is 5.29. The summed E-state index contributed by atoms with van der Waals surface area (Å²) in [6.45, 7) is 19.6. The van der Waals surface area contributed by atoms with Gasteiger partial charge in [0, 0.05) is 19.8 Å². The third-order valence-corrected chi connectivity index (χ3v) is 18.2. The Bertz CT molecular complexity index is 455. The van der Waals surface area contributed by atoms with Gasteiger partial charge < -0.3 is 41.9 Å². The van der Waals surface area contributed by atoms with Crippen molar-refractivity contribution in [2.75, 3.05) is 19.8 Å². The van der Waals surface area contributed by atoms with Gasteiger partial charge in [0.15, 0.2) is 43.8 Å². The summed E-state index contributed by atoms with van der Waals surface area (Å²) in [5, 5.41) is 30.0. The topological polar surface area (TPSA) is 116 Å². The van der Waals surface area contributed by atoms with Gasteiger partial charge in [0.25, 0.3) is 0 Å². The SMILES string of the molecule is CCOC(O)CC[Si](C)(C)O[Si](O[Si](C)(C)CCC(O)OCC)O[Si](C)(C)CCC(O)OCC. The van der Waals surface area contributed by atoms with Crippen molar-refractivity contribution in [2.45, 2.75) is 116 Å². The molecular formula is C21H51O9Si4. The van der Waals surface area contributed by atoms with Crippen LogP contribution in [0.15, 0.2) is 0 Å². The quantitative estimate of drug-likeness (QED) is 0.142. The van der Waals surface area contributed by atoms with E-state index in [9.17, 15) is 15.3 Å². The molecule has 0 heterocycles. The highest BCUT2D eigenvalue weighted by Crippen LogP contribution is 2.26. The molecule has 0 aliphatic carbocycles. The highest BCUT2D eigenvalue weighted by atomic mass is 28.5. The molecule has 0 saturated heterocycles. The smallest absolute Gasteiger partial charge is 0.414 e. The Kier molecular flexibility index (Phi) is 17.4. The standard InChI is InChI=1S/C21H51O9Si4/c1-10-25-19(22)13-16-32(4,5)28-31(29-33(6,7)17-14-20(23)26-11-2)30-34(8,9)18-15-21(24)27-12-3/h19-24H,10-18H2,1-9H3. The van der Waals surface area contributed by atoms with Crippen LogP contribution in [0.25, 0.3) is 0 Å². The van der Waals surface area contributed by atoms with Crippen molar-refractivity contribution < 1.29 is 41.9 Å². The maximum absolute atomic E-state index is 9.98. The molecule has 0 aromatic rings. The zero-order valence-corrected chi connectivity index (χ0v) is 26.9. The van der Waals surface area contributed by atoms with Crippen LogP contribution in [0.3, 0.4) is 0 Å². The minimum absolute atomic E-state index is 0.464. The lowest BCUT2D eigenvalue weighted by atomic mass is 10.5. The first-order chi connectivity index (χ1) is 15.6. The van der Waals surface area contributed by atoms with Crippen LogP contribution in [-0.2, 0) is 26.6 Å². The molecule has 0 spiro atoms. The molecule has 0 aromatic carbocycles. The van der Waals surface area contributed by atoms with Gasteiger partial charge in [-0.15, -0.1) is 0 Å². The molecule has 0 aliphatic rings. The molecule has 3 unspecified atom stereocenters. The van der Waals surface area contributed by atoms with E-state index in [1.165, 1.54) is 0 Å². The van der Waals surface area contributed by atoms with Crippen molar-refractivity contribution in [1.29, 1.82) is 0 Å². The molecule has 0 amide bonds. The second kappa shape index (κ2) is 17.1. The molecule has 205 valence electrons. The number of hydrogen-bond donors (Lipinski definition) is 3. The number of aliphatic hydroxyl groups is 3. The summed E-state index contributed by atoms with van der Waals surface area (Å²) in [6, 6.07) is 2.14. The van der Waals surface area contributed by atoms with E-state index in [4.69, 9.17) is 26.6 Å². The number of ether oxygens (including phenoxy) is 3. The summed E-state index contributed by atoms with van der Waals surface area (Å²) in [6.07, 6.45) is -0.875. The van der Waals surface area contributed by atoms with Crippen LogP contribution in [0.1, 0.15) is 40.0 Å². The van der Waals surface area contributed by atoms with Crippen LogP contribution in [0.4, 0.5) is 0 Å². The Hall–Kier alpha value is 0.508. The average molecular weight is 560 g/mol. The molecule has 3 N–H and O–H groups in total. The molecule has 0 bridgehead atoms. The van der Waals surface area contributed by atoms with Crippen molar-refractivity contribution in [3.05, 3.63) is 0 Å². The second-order valence-electron chi connectivity index (χ2n) is 10.2. The van der Waals surface area contributed by atoms with Crippen LogP contribution in [0, 0.1) is 0 Å². The van der Waals surface area contributed by atoms with Gasteiger partial charge in [-0.25, -0.2) is 0 Å². The highest BCUT2D eigenvalue weighted by Gasteiger charge is 2.41. The third kappa shape index (κ3) is 17.9. The van der Waals surface area contributed by atoms with E-state index < -0.39 is 53.3 Å². The van der Waals surface area contributed by atoms with E-state index in [0.29, 0.717) is 57.2 Å². The van der Waals surface area contributed by atoms with Gasteiger partial charge in [0.2, 0.25) is 0 Å². The third-order valence-electron chi connectivity index (χ3n) is 5.14. The van der Waals surface area contributed by atoms with Gasteiger partial charge in [-0.3, -0.25) is 0 Å². The summed E-state index contributed by atoms with van der Waals surface area (Å²) in [5.74, 6) is 0. The summed E-state index contributed by atoms with van der Waals surface area (Å²) >= 11 is 0. The predicted octanol–water partition coefficient (Wildman–Crippen LogP) is 3.87. The largest absolute Gasteiger partial charge is 0.544 e. The van der Waals surface area contributed by atoms with Crippen molar-refractivity contribution in [1.82, 2.24) is 0 Å². The predicted molar refractivity (Wildman–Crippen MR) is 143 cm³/mol. The molecule has 0 rings (SSSR count). The van der Waals surface area contributed by atoms with Gasteiger partial charge in [0.1, 0.15) is 0 Å². The average Bonchev–Trinajstić information content (AvgIpc) is 2.69. The van der Waals surface area contributed by atoms with Crippen molar-refractivity contribution in [2.24, 2.45) is 0 Å². The monoisotopic (exact) mass is 559 g/mol. The maximum Gasteiger partial charge on any atom is 0.544 e. The fourth-order valence-corrected chi connectivity index (χ4v) is 14.2. The van der Waals surface area contributed by atoms with Crippen LogP contribution in [0.2, 0.25) is 57.4 Å². The molecule has 13 heteroatoms. The Labute approximate surface area is 212 Å². The summed E-state index contributed by atoms with van der Waals surface area (Å²) < 4.78 is 35.5. The van der Waals surface area contributed by atoms with E-state index in [-0.39, 0.29) is 0 Å². The van der Waals surface area contributed by atoms with Gasteiger partial charge in [0.05, 0.1) is 0 Å². The van der Waals surface area contributed by atoms with E-state index >= 15 is 0 Å². The fourth-order valence-electron chi connectivity index (χ4n) is 3.13. The van der Waals surface area contributed by atoms with Crippen LogP contribution in [0.5, 0.6) is 0 Å². The fraction of sp³-hybridized carbons (Fsp3) is 1.00. The first-order valence-electron chi connectivity index (χ1n) is 12.5. The lowest BCUT2D eigenvalue weighted by molar-refractivity contribution is -0.0960. The molecule has 1 radical (unpaired) electrons. The number of hydrogen-bond acceptors (Lipinski definition) is 9. The van der Waals surface area contributed by atoms with Crippen molar-refractivity contribution in [3.63, 3.8) is 0 Å². The Morgan fingerprint density at radius 1 is 0.529 bits per heavy atom. The molecule has 0 saturated carbocycles. The number of rotatable bonds is 21. The Morgan fingerprint density at radius 3 is 0.971 bits per heavy atom. The van der Waals surface area contributed by atoms with Crippen LogP contribution >= 0.6 is 0 Å². The Morgan fingerprint density at radius 2 is 0.765 bits per heavy atom. The van der Waals surface area contributed by atoms with Gasteiger partial charge in [-0.05, 0) is 97.4 Å². The van der Waals surface area contributed by atoms with E-state index in [1.807, 2.05) is 20.8 Å². The first-order valence-corrected chi connectivity index (χ1v) is 23.1. The summed E-state index contributed by atoms with van der Waals surface area (Å²) in [4.78, 5) is 0. The minimum atomic E-state index is -2.22. The molecule has 0 aliphatic heterocycles. The number of aliphatic hydroxyl groups excluding tert-OH is 3. The zero-order chi connectivity index (χ0) is 26.4. The maximum atomic E-state index is 9.98. The normalized spacial score (nSPS) is 16.1. The zero-order valence-electron chi connectivity index (χ0n) is 22.9. The molecule has 9 nitrogen and oxygen atoms in total. The highest BCUT2D eigenvalue weighted by molar-refractivity contribution is 6.84. The lowest BCUT2D eigenvalue weighted by Crippen LogP contribution is -2.52. The molecule has 3 atom stereocenters. The van der Waals surface area contributed by atoms with Gasteiger partial charge in [-0.1, -0.05) is 0 Å². The van der Waals surface area contributed by atoms with E-state index in [0.717, 1.165) is 0 Å². The van der Waals surface area contributed by atoms with Crippen LogP contribution in [-0.4, -0.2) is 88.5 Å².